The number of morpholine rings is 1. The summed E-state index contributed by atoms with van der Waals surface area (Å²) in [5.41, 5.74) is 3.05. The third-order valence-corrected chi connectivity index (χ3v) is 5.24. The molecule has 10 heteroatoms. The minimum absolute atomic E-state index is 0.320. The number of benzene rings is 1. The summed E-state index contributed by atoms with van der Waals surface area (Å²) in [6.45, 7) is 2.68. The van der Waals surface area contributed by atoms with E-state index < -0.39 is 0 Å². The van der Waals surface area contributed by atoms with Gasteiger partial charge in [-0.15, -0.1) is 0 Å². The van der Waals surface area contributed by atoms with Crippen LogP contribution in [-0.2, 0) is 4.74 Å². The second-order valence-corrected chi connectivity index (χ2v) is 7.28. The number of hydrogen-bond donors (Lipinski definition) is 1. The van der Waals surface area contributed by atoms with Crippen LogP contribution in [0, 0.1) is 0 Å². The van der Waals surface area contributed by atoms with Crippen molar-refractivity contribution in [3.05, 3.63) is 54.9 Å². The topological polar surface area (TPSA) is 119 Å². The van der Waals surface area contributed by atoms with Gasteiger partial charge in [-0.3, -0.25) is 4.98 Å². The van der Waals surface area contributed by atoms with E-state index in [4.69, 9.17) is 19.2 Å². The molecule has 5 heterocycles. The molecular weight excluding hydrogens is 408 g/mol. The fraction of sp³-hybridized carbons (Fsp3) is 0.182. The molecule has 158 valence electrons. The van der Waals surface area contributed by atoms with Crippen molar-refractivity contribution in [2.75, 3.05) is 31.2 Å². The summed E-state index contributed by atoms with van der Waals surface area (Å²) in [7, 11) is 0. The maximum absolute atomic E-state index is 5.52. The van der Waals surface area contributed by atoms with E-state index >= 15 is 0 Å². The first-order valence-electron chi connectivity index (χ1n) is 10.3. The summed E-state index contributed by atoms with van der Waals surface area (Å²) in [5, 5.41) is 4.12. The number of pyridine rings is 1. The fourth-order valence-corrected chi connectivity index (χ4v) is 3.64. The SMILES string of the molecule is c1ccc(-c2nc(-c3nc(N4CCOCC4)c4nc(-c5ccncc5)[nH]c4n3)no2)cc1. The first-order chi connectivity index (χ1) is 15.8. The van der Waals surface area contributed by atoms with E-state index in [9.17, 15) is 0 Å². The van der Waals surface area contributed by atoms with Gasteiger partial charge in [0, 0.05) is 36.6 Å². The maximum atomic E-state index is 5.52. The minimum Gasteiger partial charge on any atom is -0.378 e. The van der Waals surface area contributed by atoms with Crippen LogP contribution >= 0.6 is 0 Å². The molecule has 1 N–H and O–H groups in total. The molecule has 1 fully saturated rings. The molecule has 0 bridgehead atoms. The summed E-state index contributed by atoms with van der Waals surface area (Å²) < 4.78 is 11.0. The first kappa shape index (κ1) is 18.6. The zero-order valence-electron chi connectivity index (χ0n) is 17.0. The standard InChI is InChI=1S/C22H18N8O2/c1-2-4-15(5-3-1)22-28-20(29-32-22)19-26-18-16(21(27-19)30-10-12-31-13-11-30)24-17(25-18)14-6-8-23-9-7-14/h1-9H,10-13H2,(H,24,25,26,27). The quantitative estimate of drug-likeness (QED) is 0.462. The minimum atomic E-state index is 0.320. The Morgan fingerprint density at radius 3 is 2.44 bits per heavy atom. The molecule has 1 aliphatic rings. The number of aromatic amines is 1. The smallest absolute Gasteiger partial charge is 0.258 e. The van der Waals surface area contributed by atoms with Crippen molar-refractivity contribution in [1.82, 2.24) is 35.1 Å². The number of ether oxygens (including phenoxy) is 1. The van der Waals surface area contributed by atoms with Crippen molar-refractivity contribution in [1.29, 1.82) is 0 Å². The highest BCUT2D eigenvalue weighted by Crippen LogP contribution is 2.29. The highest BCUT2D eigenvalue weighted by atomic mass is 16.5. The molecule has 1 saturated heterocycles. The Hall–Kier alpha value is -4.18. The Morgan fingerprint density at radius 1 is 0.812 bits per heavy atom. The van der Waals surface area contributed by atoms with Crippen LogP contribution in [0.3, 0.4) is 0 Å². The van der Waals surface area contributed by atoms with E-state index in [1.54, 1.807) is 12.4 Å². The fourth-order valence-electron chi connectivity index (χ4n) is 3.64. The number of nitrogens with zero attached hydrogens (tertiary/aromatic N) is 7. The van der Waals surface area contributed by atoms with Crippen molar-refractivity contribution >= 4 is 17.0 Å². The molecule has 0 amide bonds. The van der Waals surface area contributed by atoms with Crippen LogP contribution in [0.4, 0.5) is 5.82 Å². The molecule has 6 rings (SSSR count). The molecule has 1 aromatic carbocycles. The second-order valence-electron chi connectivity index (χ2n) is 7.28. The normalized spacial score (nSPS) is 14.2. The van der Waals surface area contributed by atoms with Crippen LogP contribution in [0.1, 0.15) is 0 Å². The number of hydrogen-bond acceptors (Lipinski definition) is 9. The summed E-state index contributed by atoms with van der Waals surface area (Å²) in [6.07, 6.45) is 3.46. The van der Waals surface area contributed by atoms with Crippen LogP contribution in [0.2, 0.25) is 0 Å². The van der Waals surface area contributed by atoms with Gasteiger partial charge in [-0.25, -0.2) is 15.0 Å². The van der Waals surface area contributed by atoms with Gasteiger partial charge in [-0.2, -0.15) is 4.98 Å². The predicted octanol–water partition coefficient (Wildman–Crippen LogP) is 2.97. The third kappa shape index (κ3) is 3.36. The van der Waals surface area contributed by atoms with E-state index in [1.807, 2.05) is 42.5 Å². The number of rotatable bonds is 4. The van der Waals surface area contributed by atoms with E-state index in [0.29, 0.717) is 60.8 Å². The molecule has 0 unspecified atom stereocenters. The number of nitrogens with one attached hydrogen (secondary N) is 1. The molecule has 0 saturated carbocycles. The third-order valence-electron chi connectivity index (χ3n) is 5.24. The Labute approximate surface area is 182 Å². The number of imidazole rings is 1. The van der Waals surface area contributed by atoms with Gasteiger partial charge in [0.2, 0.25) is 11.6 Å². The lowest BCUT2D eigenvalue weighted by Gasteiger charge is -2.27. The number of aromatic nitrogens is 7. The van der Waals surface area contributed by atoms with E-state index in [-0.39, 0.29) is 0 Å². The Kier molecular flexibility index (Phi) is 4.54. The Balaban J connectivity index is 1.48. The lowest BCUT2D eigenvalue weighted by Crippen LogP contribution is -2.37. The average molecular weight is 426 g/mol. The summed E-state index contributed by atoms with van der Waals surface area (Å²) in [5.74, 6) is 2.52. The second kappa shape index (κ2) is 7.82. The van der Waals surface area contributed by atoms with E-state index in [2.05, 4.69) is 30.0 Å². The van der Waals surface area contributed by atoms with Gasteiger partial charge in [-0.05, 0) is 24.3 Å². The molecule has 0 spiro atoms. The van der Waals surface area contributed by atoms with Crippen LogP contribution in [0.5, 0.6) is 0 Å². The number of H-pyrrole nitrogens is 1. The van der Waals surface area contributed by atoms with Crippen molar-refractivity contribution in [2.24, 2.45) is 0 Å². The number of anilines is 1. The van der Waals surface area contributed by atoms with Gasteiger partial charge in [0.05, 0.1) is 13.2 Å². The monoisotopic (exact) mass is 426 g/mol. The molecule has 4 aromatic heterocycles. The zero-order chi connectivity index (χ0) is 21.3. The van der Waals surface area contributed by atoms with Gasteiger partial charge >= 0.3 is 0 Å². The molecule has 0 aliphatic carbocycles. The highest BCUT2D eigenvalue weighted by molar-refractivity contribution is 5.87. The maximum Gasteiger partial charge on any atom is 0.258 e. The predicted molar refractivity (Wildman–Crippen MR) is 117 cm³/mol. The van der Waals surface area contributed by atoms with Crippen molar-refractivity contribution in [3.63, 3.8) is 0 Å². The van der Waals surface area contributed by atoms with E-state index in [0.717, 1.165) is 16.9 Å². The number of fused-ring (bicyclic) bond motifs is 1. The Morgan fingerprint density at radius 2 is 1.62 bits per heavy atom. The van der Waals surface area contributed by atoms with Gasteiger partial charge in [-0.1, -0.05) is 23.4 Å². The van der Waals surface area contributed by atoms with Crippen molar-refractivity contribution in [3.8, 4) is 34.5 Å². The van der Waals surface area contributed by atoms with Crippen LogP contribution in [0.25, 0.3) is 45.7 Å². The molecule has 1 aliphatic heterocycles. The lowest BCUT2D eigenvalue weighted by molar-refractivity contribution is 0.122. The lowest BCUT2D eigenvalue weighted by atomic mass is 10.2. The van der Waals surface area contributed by atoms with Crippen LogP contribution < -0.4 is 4.90 Å². The average Bonchev–Trinajstić information content (AvgIpc) is 3.53. The van der Waals surface area contributed by atoms with Crippen LogP contribution in [-0.4, -0.2) is 61.4 Å². The van der Waals surface area contributed by atoms with Crippen molar-refractivity contribution < 1.29 is 9.26 Å². The summed E-state index contributed by atoms with van der Waals surface area (Å²) >= 11 is 0. The molecule has 0 atom stereocenters. The van der Waals surface area contributed by atoms with Gasteiger partial charge in [0.25, 0.3) is 5.89 Å². The highest BCUT2D eigenvalue weighted by Gasteiger charge is 2.23. The first-order valence-corrected chi connectivity index (χ1v) is 10.3. The van der Waals surface area contributed by atoms with Crippen molar-refractivity contribution in [2.45, 2.75) is 0 Å². The summed E-state index contributed by atoms with van der Waals surface area (Å²) in [4.78, 5) is 28.3. The molecule has 0 radical (unpaired) electrons. The van der Waals surface area contributed by atoms with Gasteiger partial charge in [0.1, 0.15) is 5.82 Å². The largest absolute Gasteiger partial charge is 0.378 e. The van der Waals surface area contributed by atoms with E-state index in [1.165, 1.54) is 0 Å². The molecule has 10 nitrogen and oxygen atoms in total. The zero-order valence-corrected chi connectivity index (χ0v) is 17.0. The van der Waals surface area contributed by atoms with Crippen LogP contribution in [0.15, 0.2) is 59.4 Å². The molecule has 32 heavy (non-hydrogen) atoms. The van der Waals surface area contributed by atoms with Gasteiger partial charge < -0.3 is 19.1 Å². The Bertz CT molecular complexity index is 1360. The summed E-state index contributed by atoms with van der Waals surface area (Å²) in [6, 6.07) is 13.4. The molecular formula is C22H18N8O2. The molecule has 5 aromatic rings. The van der Waals surface area contributed by atoms with Gasteiger partial charge in [0.15, 0.2) is 17.0 Å².